The van der Waals surface area contributed by atoms with Crippen LogP contribution in [0.2, 0.25) is 0 Å². The van der Waals surface area contributed by atoms with Gasteiger partial charge in [-0.15, -0.1) is 0 Å². The van der Waals surface area contributed by atoms with Crippen molar-refractivity contribution >= 4 is 21.7 Å². The van der Waals surface area contributed by atoms with E-state index in [0.717, 1.165) is 25.3 Å². The second-order valence-corrected chi connectivity index (χ2v) is 5.50. The first-order chi connectivity index (χ1) is 7.80. The van der Waals surface area contributed by atoms with Crippen molar-refractivity contribution in [2.75, 3.05) is 5.32 Å². The van der Waals surface area contributed by atoms with Gasteiger partial charge in [0.1, 0.15) is 5.82 Å². The molecule has 1 saturated carbocycles. The van der Waals surface area contributed by atoms with Crippen molar-refractivity contribution in [3.05, 3.63) is 22.3 Å². The van der Waals surface area contributed by atoms with Crippen molar-refractivity contribution in [2.24, 2.45) is 0 Å². The Hall–Kier alpha value is -0.780. The minimum Gasteiger partial charge on any atom is -0.364 e. The number of alkyl halides is 3. The predicted molar refractivity (Wildman–Crippen MR) is 62.8 cm³/mol. The number of rotatable bonds is 2. The van der Waals surface area contributed by atoms with Gasteiger partial charge >= 0.3 is 6.18 Å². The van der Waals surface area contributed by atoms with Crippen molar-refractivity contribution in [3.63, 3.8) is 0 Å². The topological polar surface area (TPSA) is 24.9 Å². The van der Waals surface area contributed by atoms with Gasteiger partial charge in [0.2, 0.25) is 0 Å². The summed E-state index contributed by atoms with van der Waals surface area (Å²) < 4.78 is 38.8. The van der Waals surface area contributed by atoms with E-state index in [1.54, 1.807) is 0 Å². The minimum atomic E-state index is -4.39. The lowest BCUT2D eigenvalue weighted by molar-refractivity contribution is -0.137. The van der Waals surface area contributed by atoms with Crippen LogP contribution in [0, 0.1) is 0 Å². The molecule has 0 radical (unpaired) electrons. The molecule has 0 unspecified atom stereocenters. The molecule has 1 heterocycles. The lowest BCUT2D eigenvalue weighted by Crippen LogP contribution is -2.42. The zero-order valence-electron chi connectivity index (χ0n) is 9.24. The molecule has 0 bridgehead atoms. The summed E-state index contributed by atoms with van der Waals surface area (Å²) in [5.74, 6) is -0.0806. The lowest BCUT2D eigenvalue weighted by Gasteiger charge is -2.40. The number of hydrogen-bond donors (Lipinski definition) is 1. The summed E-state index contributed by atoms with van der Waals surface area (Å²) in [6.07, 6.45) is -0.218. The number of nitrogens with one attached hydrogen (secondary N) is 1. The molecule has 0 aromatic carbocycles. The molecule has 1 N–H and O–H groups in total. The SMILES string of the molecule is CC1(Nc2ncc(Br)cc2C(F)(F)F)CCC1. The van der Waals surface area contributed by atoms with Crippen LogP contribution < -0.4 is 5.32 Å². The predicted octanol–water partition coefficient (Wildman–Crippen LogP) is 4.22. The minimum absolute atomic E-state index is 0.0806. The van der Waals surface area contributed by atoms with Crippen LogP contribution >= 0.6 is 15.9 Å². The molecule has 1 aliphatic rings. The molecule has 1 fully saturated rings. The second kappa shape index (κ2) is 4.15. The maximum Gasteiger partial charge on any atom is 0.419 e. The van der Waals surface area contributed by atoms with E-state index in [4.69, 9.17) is 0 Å². The van der Waals surface area contributed by atoms with Crippen LogP contribution in [-0.4, -0.2) is 10.5 Å². The van der Waals surface area contributed by atoms with Crippen LogP contribution in [-0.2, 0) is 6.18 Å². The van der Waals surface area contributed by atoms with Crippen molar-refractivity contribution in [1.29, 1.82) is 0 Å². The molecular weight excluding hydrogens is 297 g/mol. The van der Waals surface area contributed by atoms with Gasteiger partial charge in [0.15, 0.2) is 0 Å². The van der Waals surface area contributed by atoms with Gasteiger partial charge in [-0.3, -0.25) is 0 Å². The third-order valence-electron chi connectivity index (χ3n) is 3.04. The molecule has 0 amide bonds. The molecule has 17 heavy (non-hydrogen) atoms. The van der Waals surface area contributed by atoms with Crippen LogP contribution in [0.25, 0.3) is 0 Å². The highest BCUT2D eigenvalue weighted by molar-refractivity contribution is 9.10. The second-order valence-electron chi connectivity index (χ2n) is 4.59. The van der Waals surface area contributed by atoms with Gasteiger partial charge in [-0.1, -0.05) is 0 Å². The van der Waals surface area contributed by atoms with E-state index < -0.39 is 11.7 Å². The molecule has 2 nitrogen and oxygen atoms in total. The molecule has 2 rings (SSSR count). The lowest BCUT2D eigenvalue weighted by atomic mass is 9.78. The van der Waals surface area contributed by atoms with E-state index in [0.29, 0.717) is 4.47 Å². The molecule has 1 aliphatic carbocycles. The number of aromatic nitrogens is 1. The summed E-state index contributed by atoms with van der Waals surface area (Å²) in [6, 6.07) is 1.05. The summed E-state index contributed by atoms with van der Waals surface area (Å²) in [5.41, 5.74) is -0.971. The Bertz CT molecular complexity index is 427. The van der Waals surface area contributed by atoms with Gasteiger partial charge in [0.05, 0.1) is 5.56 Å². The van der Waals surface area contributed by atoms with E-state index in [9.17, 15) is 13.2 Å². The standard InChI is InChI=1S/C11H12BrF3N2/c1-10(3-2-4-10)17-9-8(11(13,14)15)5-7(12)6-16-9/h5-6H,2-4H2,1H3,(H,16,17). The number of halogens is 4. The van der Waals surface area contributed by atoms with Crippen LogP contribution in [0.4, 0.5) is 19.0 Å². The molecule has 1 aromatic rings. The Balaban J connectivity index is 2.33. The molecule has 1 aromatic heterocycles. The molecule has 0 aliphatic heterocycles. The number of anilines is 1. The number of nitrogens with zero attached hydrogens (tertiary/aromatic N) is 1. The fourth-order valence-corrected chi connectivity index (χ4v) is 2.20. The van der Waals surface area contributed by atoms with Crippen LogP contribution in [0.3, 0.4) is 0 Å². The Kier molecular flexibility index (Phi) is 3.10. The van der Waals surface area contributed by atoms with Gasteiger partial charge < -0.3 is 5.32 Å². The Morgan fingerprint density at radius 1 is 1.41 bits per heavy atom. The first-order valence-electron chi connectivity index (χ1n) is 5.31. The molecule has 0 saturated heterocycles. The largest absolute Gasteiger partial charge is 0.419 e. The normalized spacial score (nSPS) is 18.6. The maximum absolute atomic E-state index is 12.8. The zero-order valence-corrected chi connectivity index (χ0v) is 10.8. The Morgan fingerprint density at radius 2 is 2.06 bits per heavy atom. The third kappa shape index (κ3) is 2.73. The molecule has 6 heteroatoms. The third-order valence-corrected chi connectivity index (χ3v) is 3.47. The van der Waals surface area contributed by atoms with E-state index in [2.05, 4.69) is 26.2 Å². The zero-order chi connectivity index (χ0) is 12.7. The highest BCUT2D eigenvalue weighted by Gasteiger charge is 2.38. The maximum atomic E-state index is 12.8. The number of pyridine rings is 1. The summed E-state index contributed by atoms with van der Waals surface area (Å²) in [7, 11) is 0. The molecule has 94 valence electrons. The Morgan fingerprint density at radius 3 is 2.53 bits per heavy atom. The Labute approximate surface area is 106 Å². The molecular formula is C11H12BrF3N2. The van der Waals surface area contributed by atoms with Gasteiger partial charge in [-0.2, -0.15) is 13.2 Å². The molecule has 0 atom stereocenters. The molecule has 0 spiro atoms. The average Bonchev–Trinajstić information content (AvgIpc) is 2.17. The summed E-state index contributed by atoms with van der Waals surface area (Å²) >= 11 is 3.01. The monoisotopic (exact) mass is 308 g/mol. The summed E-state index contributed by atoms with van der Waals surface area (Å²) in [4.78, 5) is 3.83. The van der Waals surface area contributed by atoms with E-state index in [1.165, 1.54) is 6.20 Å². The summed E-state index contributed by atoms with van der Waals surface area (Å²) in [6.45, 7) is 1.92. The van der Waals surface area contributed by atoms with Gasteiger partial charge in [0.25, 0.3) is 0 Å². The summed E-state index contributed by atoms with van der Waals surface area (Å²) in [5, 5.41) is 2.91. The van der Waals surface area contributed by atoms with Gasteiger partial charge in [-0.05, 0) is 48.2 Å². The van der Waals surface area contributed by atoms with Crippen molar-refractivity contribution < 1.29 is 13.2 Å². The highest BCUT2D eigenvalue weighted by atomic mass is 79.9. The van der Waals surface area contributed by atoms with Crippen LogP contribution in [0.5, 0.6) is 0 Å². The fourth-order valence-electron chi connectivity index (χ4n) is 1.87. The highest BCUT2D eigenvalue weighted by Crippen LogP contribution is 2.39. The van der Waals surface area contributed by atoms with Crippen molar-refractivity contribution in [2.45, 2.75) is 37.9 Å². The van der Waals surface area contributed by atoms with Crippen LogP contribution in [0.1, 0.15) is 31.7 Å². The van der Waals surface area contributed by atoms with E-state index in [-0.39, 0.29) is 11.4 Å². The van der Waals surface area contributed by atoms with Gasteiger partial charge in [-0.25, -0.2) is 4.98 Å². The smallest absolute Gasteiger partial charge is 0.364 e. The number of hydrogen-bond acceptors (Lipinski definition) is 2. The van der Waals surface area contributed by atoms with E-state index in [1.807, 2.05) is 6.92 Å². The van der Waals surface area contributed by atoms with Gasteiger partial charge in [0, 0.05) is 16.2 Å². The van der Waals surface area contributed by atoms with E-state index >= 15 is 0 Å². The van der Waals surface area contributed by atoms with Crippen molar-refractivity contribution in [1.82, 2.24) is 4.98 Å². The quantitative estimate of drug-likeness (QED) is 0.885. The van der Waals surface area contributed by atoms with Crippen molar-refractivity contribution in [3.8, 4) is 0 Å². The van der Waals surface area contributed by atoms with Crippen LogP contribution in [0.15, 0.2) is 16.7 Å². The average molecular weight is 309 g/mol. The first-order valence-corrected chi connectivity index (χ1v) is 6.10. The first kappa shape index (κ1) is 12.7. The fraction of sp³-hybridized carbons (Fsp3) is 0.545.